The lowest BCUT2D eigenvalue weighted by molar-refractivity contribution is -0.115. The Morgan fingerprint density at radius 3 is 2.22 bits per heavy atom. The number of rotatable bonds is 6. The molecular formula is C27H20N4O3S2. The van der Waals surface area contributed by atoms with Crippen LogP contribution in [0.5, 0.6) is 5.75 Å². The lowest BCUT2D eigenvalue weighted by Gasteiger charge is -2.30. The second kappa shape index (κ2) is 9.60. The molecule has 0 radical (unpaired) electrons. The highest BCUT2D eigenvalue weighted by molar-refractivity contribution is 8.00. The van der Waals surface area contributed by atoms with Gasteiger partial charge in [0.05, 0.1) is 36.2 Å². The van der Waals surface area contributed by atoms with Crippen molar-refractivity contribution < 1.29 is 13.9 Å². The quantitative estimate of drug-likeness (QED) is 0.242. The number of amides is 1. The van der Waals surface area contributed by atoms with Gasteiger partial charge >= 0.3 is 0 Å². The van der Waals surface area contributed by atoms with Crippen LogP contribution < -0.4 is 9.64 Å². The molecule has 0 aliphatic carbocycles. The number of fused-ring (bicyclic) bond motifs is 2. The number of para-hydroxylation sites is 4. The Morgan fingerprint density at radius 2 is 1.56 bits per heavy atom. The number of hydrogen-bond acceptors (Lipinski definition) is 7. The first-order valence-corrected chi connectivity index (χ1v) is 13.0. The zero-order valence-electron chi connectivity index (χ0n) is 19.2. The van der Waals surface area contributed by atoms with Crippen molar-refractivity contribution in [3.05, 3.63) is 91.2 Å². The van der Waals surface area contributed by atoms with Crippen molar-refractivity contribution in [3.63, 3.8) is 0 Å². The highest BCUT2D eigenvalue weighted by Gasteiger charge is 2.29. The zero-order chi connectivity index (χ0) is 24.5. The molecule has 36 heavy (non-hydrogen) atoms. The van der Waals surface area contributed by atoms with E-state index in [1.165, 1.54) is 11.8 Å². The Balaban J connectivity index is 1.36. The van der Waals surface area contributed by atoms with Gasteiger partial charge in [-0.25, -0.2) is 0 Å². The minimum absolute atomic E-state index is 0.0469. The number of ether oxygens (including phenoxy) is 1. The molecule has 0 spiro atoms. The average molecular weight is 513 g/mol. The van der Waals surface area contributed by atoms with E-state index in [9.17, 15) is 4.79 Å². The van der Waals surface area contributed by atoms with Crippen LogP contribution in [-0.2, 0) is 4.79 Å². The van der Waals surface area contributed by atoms with Crippen LogP contribution in [0.25, 0.3) is 17.3 Å². The van der Waals surface area contributed by atoms with Crippen LogP contribution in [0.1, 0.15) is 0 Å². The van der Waals surface area contributed by atoms with E-state index in [1.807, 2.05) is 83.4 Å². The summed E-state index contributed by atoms with van der Waals surface area (Å²) in [5.74, 6) is 1.88. The van der Waals surface area contributed by atoms with E-state index in [4.69, 9.17) is 9.15 Å². The van der Waals surface area contributed by atoms with Gasteiger partial charge in [-0.1, -0.05) is 59.9 Å². The molecule has 1 amide bonds. The van der Waals surface area contributed by atoms with Crippen LogP contribution in [0.15, 0.2) is 111 Å². The number of nitrogens with zero attached hydrogens (tertiary/aromatic N) is 4. The Morgan fingerprint density at radius 1 is 0.889 bits per heavy atom. The fourth-order valence-electron chi connectivity index (χ4n) is 4.12. The van der Waals surface area contributed by atoms with Gasteiger partial charge in [0.1, 0.15) is 5.75 Å². The molecule has 0 unspecified atom stereocenters. The van der Waals surface area contributed by atoms with Gasteiger partial charge in [0.2, 0.25) is 11.7 Å². The van der Waals surface area contributed by atoms with Crippen molar-refractivity contribution in [2.24, 2.45) is 0 Å². The fraction of sp³-hybridized carbons (Fsp3) is 0.0741. The van der Waals surface area contributed by atoms with E-state index < -0.39 is 0 Å². The third-order valence-corrected chi connectivity index (χ3v) is 7.75. The van der Waals surface area contributed by atoms with E-state index in [0.717, 1.165) is 26.9 Å². The van der Waals surface area contributed by atoms with Crippen molar-refractivity contribution in [1.82, 2.24) is 14.8 Å². The summed E-state index contributed by atoms with van der Waals surface area (Å²) in [4.78, 5) is 17.6. The molecule has 0 N–H and O–H groups in total. The third kappa shape index (κ3) is 3.96. The van der Waals surface area contributed by atoms with Crippen molar-refractivity contribution in [2.45, 2.75) is 14.9 Å². The molecule has 9 heteroatoms. The van der Waals surface area contributed by atoms with Gasteiger partial charge in [0, 0.05) is 9.79 Å². The molecule has 1 aliphatic heterocycles. The second-order valence-electron chi connectivity index (χ2n) is 7.85. The summed E-state index contributed by atoms with van der Waals surface area (Å²) in [7, 11) is 1.62. The number of methoxy groups -OCH3 is 1. The second-order valence-corrected chi connectivity index (χ2v) is 9.87. The summed E-state index contributed by atoms with van der Waals surface area (Å²) in [5, 5.41) is 9.36. The van der Waals surface area contributed by atoms with Gasteiger partial charge in [-0.05, 0) is 48.5 Å². The molecular weight excluding hydrogens is 492 g/mol. The number of benzene rings is 3. The molecule has 0 saturated carbocycles. The predicted octanol–water partition coefficient (Wildman–Crippen LogP) is 6.46. The maximum atomic E-state index is 13.7. The van der Waals surface area contributed by atoms with E-state index >= 15 is 0 Å². The maximum Gasteiger partial charge on any atom is 0.242 e. The highest BCUT2D eigenvalue weighted by atomic mass is 32.2. The van der Waals surface area contributed by atoms with Gasteiger partial charge in [0.25, 0.3) is 0 Å². The third-order valence-electron chi connectivity index (χ3n) is 5.71. The Kier molecular flexibility index (Phi) is 6.00. The molecule has 7 nitrogen and oxygen atoms in total. The van der Waals surface area contributed by atoms with Crippen molar-refractivity contribution in [2.75, 3.05) is 17.8 Å². The van der Waals surface area contributed by atoms with Crippen LogP contribution in [0, 0.1) is 0 Å². The van der Waals surface area contributed by atoms with Crippen molar-refractivity contribution in [3.8, 4) is 23.0 Å². The predicted molar refractivity (Wildman–Crippen MR) is 140 cm³/mol. The minimum atomic E-state index is -0.0469. The number of thioether (sulfide) groups is 1. The van der Waals surface area contributed by atoms with E-state index in [1.54, 1.807) is 36.1 Å². The zero-order valence-corrected chi connectivity index (χ0v) is 20.8. The van der Waals surface area contributed by atoms with Crippen LogP contribution in [0.4, 0.5) is 11.4 Å². The Labute approximate surface area is 216 Å². The maximum absolute atomic E-state index is 13.7. The number of aromatic nitrogens is 3. The first-order chi connectivity index (χ1) is 17.7. The first-order valence-electron chi connectivity index (χ1n) is 11.2. The molecule has 0 atom stereocenters. The smallest absolute Gasteiger partial charge is 0.242 e. The summed E-state index contributed by atoms with van der Waals surface area (Å²) in [5.41, 5.74) is 2.53. The molecule has 0 bridgehead atoms. The van der Waals surface area contributed by atoms with Crippen LogP contribution in [0.2, 0.25) is 0 Å². The number of anilines is 2. The topological polar surface area (TPSA) is 73.4 Å². The standard InChI is InChI=1S/C27H20N4O3S2/c1-33-21-12-5-2-9-18(21)31-26(22-13-8-16-34-22)28-29-27(31)35-17-25(32)30-19-10-3-6-14-23(19)36-24-15-7-4-11-20(24)30/h2-16H,17H2,1H3. The molecule has 3 heterocycles. The van der Waals surface area contributed by atoms with Crippen molar-refractivity contribution in [1.29, 1.82) is 0 Å². The van der Waals surface area contributed by atoms with E-state index in [2.05, 4.69) is 10.2 Å². The largest absolute Gasteiger partial charge is 0.495 e. The number of carbonyl (C=O) groups is 1. The number of carbonyl (C=O) groups excluding carboxylic acids is 1. The monoisotopic (exact) mass is 512 g/mol. The SMILES string of the molecule is COc1ccccc1-n1c(SCC(=O)N2c3ccccc3Sc3ccccc32)nnc1-c1ccco1. The van der Waals surface area contributed by atoms with Gasteiger partial charge in [-0.15, -0.1) is 10.2 Å². The van der Waals surface area contributed by atoms with E-state index in [-0.39, 0.29) is 11.7 Å². The lowest BCUT2D eigenvalue weighted by atomic mass is 10.2. The lowest BCUT2D eigenvalue weighted by Crippen LogP contribution is -2.30. The molecule has 178 valence electrons. The van der Waals surface area contributed by atoms with Crippen LogP contribution >= 0.6 is 23.5 Å². The average Bonchev–Trinajstić information content (AvgIpc) is 3.60. The summed E-state index contributed by atoms with van der Waals surface area (Å²) >= 11 is 3.00. The van der Waals surface area contributed by atoms with E-state index in [0.29, 0.717) is 22.5 Å². The minimum Gasteiger partial charge on any atom is -0.495 e. The molecule has 2 aromatic heterocycles. The summed E-state index contributed by atoms with van der Waals surface area (Å²) in [6.07, 6.45) is 1.59. The Hall–Kier alpha value is -3.95. The summed E-state index contributed by atoms with van der Waals surface area (Å²) in [6, 6.07) is 27.2. The molecule has 3 aromatic carbocycles. The molecule has 6 rings (SSSR count). The number of hydrogen-bond donors (Lipinski definition) is 0. The molecule has 5 aromatic rings. The summed E-state index contributed by atoms with van der Waals surface area (Å²) in [6.45, 7) is 0. The molecule has 0 saturated heterocycles. The normalized spacial score (nSPS) is 12.2. The molecule has 0 fully saturated rings. The van der Waals surface area contributed by atoms with Gasteiger partial charge < -0.3 is 9.15 Å². The fourth-order valence-corrected chi connectivity index (χ4v) is 5.98. The van der Waals surface area contributed by atoms with Crippen molar-refractivity contribution >= 4 is 40.8 Å². The molecule has 1 aliphatic rings. The van der Waals surface area contributed by atoms with Gasteiger partial charge in [-0.3, -0.25) is 14.3 Å². The number of furan rings is 1. The highest BCUT2D eigenvalue weighted by Crippen LogP contribution is 2.48. The van der Waals surface area contributed by atoms with Gasteiger partial charge in [-0.2, -0.15) is 0 Å². The van der Waals surface area contributed by atoms with Crippen LogP contribution in [-0.4, -0.2) is 33.5 Å². The van der Waals surface area contributed by atoms with Gasteiger partial charge in [0.15, 0.2) is 10.9 Å². The van der Waals surface area contributed by atoms with Crippen LogP contribution in [0.3, 0.4) is 0 Å². The first kappa shape index (κ1) is 22.5. The summed E-state index contributed by atoms with van der Waals surface area (Å²) < 4.78 is 13.1. The Bertz CT molecular complexity index is 1500.